The first-order chi connectivity index (χ1) is 8.19. The molecule has 0 aromatic heterocycles. The maximum Gasteiger partial charge on any atom is 0.339 e. The summed E-state index contributed by atoms with van der Waals surface area (Å²) in [4.78, 5) is 11.8. The van der Waals surface area contributed by atoms with E-state index < -0.39 is 5.97 Å². The lowest BCUT2D eigenvalue weighted by Gasteiger charge is -2.12. The van der Waals surface area contributed by atoms with Gasteiger partial charge in [0.25, 0.3) is 0 Å². The molecule has 0 aliphatic heterocycles. The fourth-order valence-corrected chi connectivity index (χ4v) is 1.75. The average Bonchev–Trinajstić information content (AvgIpc) is 2.36. The highest BCUT2D eigenvalue weighted by atomic mass is 35.5. The molecule has 0 fully saturated rings. The number of ether oxygens (including phenoxy) is 2. The van der Waals surface area contributed by atoms with Crippen LogP contribution in [0.1, 0.15) is 28.4 Å². The molecule has 0 spiro atoms. The largest absolute Gasteiger partial charge is 0.496 e. The molecule has 0 aliphatic rings. The van der Waals surface area contributed by atoms with Gasteiger partial charge in [-0.1, -0.05) is 0 Å². The van der Waals surface area contributed by atoms with Gasteiger partial charge in [0, 0.05) is 5.56 Å². The quantitative estimate of drug-likeness (QED) is 0.611. The lowest BCUT2D eigenvalue weighted by atomic mass is 10.0. The maximum atomic E-state index is 11.8. The zero-order valence-corrected chi connectivity index (χ0v) is 10.4. The molecule has 0 saturated carbocycles. The highest BCUT2D eigenvalue weighted by molar-refractivity contribution is 6.18. The maximum absolute atomic E-state index is 11.8. The fraction of sp³-hybridized carbons (Fsp3) is 0.333. The van der Waals surface area contributed by atoms with E-state index >= 15 is 0 Å². The molecule has 0 heterocycles. The number of halogens is 1. The number of alkyl halides is 1. The lowest BCUT2D eigenvalue weighted by molar-refractivity contribution is 0.0524. The smallest absolute Gasteiger partial charge is 0.339 e. The Balaban J connectivity index is 3.41. The second kappa shape index (κ2) is 6.12. The van der Waals surface area contributed by atoms with Crippen LogP contribution in [0, 0.1) is 11.3 Å². The number of hydrogen-bond donors (Lipinski definition) is 0. The second-order valence-corrected chi connectivity index (χ2v) is 3.40. The molecule has 0 radical (unpaired) electrons. The van der Waals surface area contributed by atoms with Crippen molar-refractivity contribution in [1.29, 1.82) is 5.26 Å². The van der Waals surface area contributed by atoms with Gasteiger partial charge in [0.15, 0.2) is 0 Å². The first kappa shape index (κ1) is 13.3. The van der Waals surface area contributed by atoms with Crippen LogP contribution in [-0.2, 0) is 10.6 Å². The predicted octanol–water partition coefficient (Wildman–Crippen LogP) is 2.48. The van der Waals surface area contributed by atoms with Crippen LogP contribution < -0.4 is 4.74 Å². The topological polar surface area (TPSA) is 59.3 Å². The summed E-state index contributed by atoms with van der Waals surface area (Å²) in [5.74, 6) is -0.00650. The molecule has 1 aromatic rings. The second-order valence-electron chi connectivity index (χ2n) is 3.13. The summed E-state index contributed by atoms with van der Waals surface area (Å²) < 4.78 is 10.0. The van der Waals surface area contributed by atoms with Crippen LogP contribution in [0.25, 0.3) is 0 Å². The minimum atomic E-state index is -0.557. The van der Waals surface area contributed by atoms with Crippen molar-refractivity contribution in [3.05, 3.63) is 28.8 Å². The fourth-order valence-electron chi connectivity index (χ4n) is 1.48. The van der Waals surface area contributed by atoms with Crippen LogP contribution in [0.5, 0.6) is 5.75 Å². The van der Waals surface area contributed by atoms with Gasteiger partial charge in [-0.15, -0.1) is 11.6 Å². The van der Waals surface area contributed by atoms with Crippen LogP contribution in [0.15, 0.2) is 12.1 Å². The standard InChI is InChI=1S/C12H12ClNO3/c1-3-17-12(15)11-8(7-14)4-5-10(16-2)9(11)6-13/h4-5H,3,6H2,1-2H3. The van der Waals surface area contributed by atoms with Gasteiger partial charge < -0.3 is 9.47 Å². The van der Waals surface area contributed by atoms with Crippen molar-refractivity contribution in [3.63, 3.8) is 0 Å². The number of benzene rings is 1. The van der Waals surface area contributed by atoms with Crippen molar-refractivity contribution in [1.82, 2.24) is 0 Å². The summed E-state index contributed by atoms with van der Waals surface area (Å²) in [7, 11) is 1.48. The number of hydrogen-bond acceptors (Lipinski definition) is 4. The van der Waals surface area contributed by atoms with Gasteiger partial charge in [0.2, 0.25) is 0 Å². The van der Waals surface area contributed by atoms with Gasteiger partial charge in [0.1, 0.15) is 11.8 Å². The monoisotopic (exact) mass is 253 g/mol. The van der Waals surface area contributed by atoms with E-state index in [2.05, 4.69) is 0 Å². The molecule has 0 unspecified atom stereocenters. The minimum absolute atomic E-state index is 0.0762. The number of nitriles is 1. The number of carbonyl (C=O) groups is 1. The Morgan fingerprint density at radius 1 is 1.53 bits per heavy atom. The third-order valence-corrected chi connectivity index (χ3v) is 2.49. The molecule has 1 aromatic carbocycles. The number of rotatable bonds is 4. The van der Waals surface area contributed by atoms with Crippen molar-refractivity contribution < 1.29 is 14.3 Å². The normalized spacial score (nSPS) is 9.53. The van der Waals surface area contributed by atoms with Gasteiger partial charge in [-0.3, -0.25) is 0 Å². The van der Waals surface area contributed by atoms with E-state index in [9.17, 15) is 4.79 Å². The van der Waals surface area contributed by atoms with Crippen molar-refractivity contribution in [2.75, 3.05) is 13.7 Å². The molecule has 0 N–H and O–H groups in total. The van der Waals surface area contributed by atoms with Crippen molar-refractivity contribution in [3.8, 4) is 11.8 Å². The number of carbonyl (C=O) groups excluding carboxylic acids is 1. The van der Waals surface area contributed by atoms with Gasteiger partial charge in [-0.2, -0.15) is 5.26 Å². The molecule has 0 aliphatic carbocycles. The van der Waals surface area contributed by atoms with Gasteiger partial charge in [-0.25, -0.2) is 4.79 Å². The minimum Gasteiger partial charge on any atom is -0.496 e. The van der Waals surface area contributed by atoms with Gasteiger partial charge in [0.05, 0.1) is 30.7 Å². The van der Waals surface area contributed by atoms with Crippen LogP contribution in [0.3, 0.4) is 0 Å². The summed E-state index contributed by atoms with van der Waals surface area (Å²) in [6, 6.07) is 5.07. The molecule has 0 atom stereocenters. The highest BCUT2D eigenvalue weighted by Crippen LogP contribution is 2.27. The summed E-state index contributed by atoms with van der Waals surface area (Å²) in [5.41, 5.74) is 0.898. The van der Waals surface area contributed by atoms with Gasteiger partial charge in [-0.05, 0) is 19.1 Å². The molecule has 90 valence electrons. The zero-order valence-electron chi connectivity index (χ0n) is 9.62. The number of nitrogens with zero attached hydrogens (tertiary/aromatic N) is 1. The Bertz CT molecular complexity index is 466. The number of methoxy groups -OCH3 is 1. The molecule has 1 rings (SSSR count). The molecular weight excluding hydrogens is 242 g/mol. The Kier molecular flexibility index (Phi) is 4.80. The number of esters is 1. The third kappa shape index (κ3) is 2.69. The van der Waals surface area contributed by atoms with E-state index in [0.29, 0.717) is 11.3 Å². The Labute approximate surface area is 105 Å². The highest BCUT2D eigenvalue weighted by Gasteiger charge is 2.20. The van der Waals surface area contributed by atoms with Crippen molar-refractivity contribution in [2.24, 2.45) is 0 Å². The van der Waals surface area contributed by atoms with E-state index in [1.165, 1.54) is 13.2 Å². The Morgan fingerprint density at radius 2 is 2.24 bits per heavy atom. The predicted molar refractivity (Wildman–Crippen MR) is 63.2 cm³/mol. The first-order valence-corrected chi connectivity index (χ1v) is 5.56. The van der Waals surface area contributed by atoms with E-state index in [-0.39, 0.29) is 23.6 Å². The Hall–Kier alpha value is -1.73. The molecule has 17 heavy (non-hydrogen) atoms. The molecular formula is C12H12ClNO3. The molecule has 0 amide bonds. The summed E-state index contributed by atoms with van der Waals surface area (Å²) >= 11 is 5.79. The van der Waals surface area contributed by atoms with Crippen LogP contribution in [-0.4, -0.2) is 19.7 Å². The van der Waals surface area contributed by atoms with Crippen molar-refractivity contribution >= 4 is 17.6 Å². The van der Waals surface area contributed by atoms with Crippen molar-refractivity contribution in [2.45, 2.75) is 12.8 Å². The summed E-state index contributed by atoms with van der Waals surface area (Å²) in [6.45, 7) is 1.94. The first-order valence-electron chi connectivity index (χ1n) is 5.02. The van der Waals surface area contributed by atoms with Crippen LogP contribution >= 0.6 is 11.6 Å². The van der Waals surface area contributed by atoms with E-state index in [4.69, 9.17) is 26.3 Å². The van der Waals surface area contributed by atoms with E-state index in [1.54, 1.807) is 13.0 Å². The van der Waals surface area contributed by atoms with Crippen LogP contribution in [0.4, 0.5) is 0 Å². The lowest BCUT2D eigenvalue weighted by Crippen LogP contribution is -2.11. The zero-order chi connectivity index (χ0) is 12.8. The molecule has 0 saturated heterocycles. The Morgan fingerprint density at radius 3 is 2.71 bits per heavy atom. The summed E-state index contributed by atoms with van der Waals surface area (Å²) in [5, 5.41) is 8.98. The SMILES string of the molecule is CCOC(=O)c1c(C#N)ccc(OC)c1CCl. The van der Waals surface area contributed by atoms with E-state index in [1.807, 2.05) is 6.07 Å². The molecule has 0 bridgehead atoms. The average molecular weight is 254 g/mol. The van der Waals surface area contributed by atoms with Gasteiger partial charge >= 0.3 is 5.97 Å². The molecule has 5 heteroatoms. The summed E-state index contributed by atoms with van der Waals surface area (Å²) in [6.07, 6.45) is 0. The third-order valence-electron chi connectivity index (χ3n) is 2.22. The molecule has 4 nitrogen and oxygen atoms in total. The van der Waals surface area contributed by atoms with E-state index in [0.717, 1.165) is 0 Å². The van der Waals surface area contributed by atoms with Crippen LogP contribution in [0.2, 0.25) is 0 Å².